The summed E-state index contributed by atoms with van der Waals surface area (Å²) in [5.74, 6) is -0.394. The van der Waals surface area contributed by atoms with Crippen molar-refractivity contribution in [3.8, 4) is 0 Å². The van der Waals surface area contributed by atoms with Crippen molar-refractivity contribution in [2.45, 2.75) is 52.4 Å². The molecular weight excluding hydrogens is 304 g/mol. The number of carbonyl (C=O) groups excluding carboxylic acids is 1. The molecule has 1 aliphatic heterocycles. The number of hydrogen-bond donors (Lipinski definition) is 0. The number of ether oxygens (including phenoxy) is 1. The van der Waals surface area contributed by atoms with Gasteiger partial charge in [-0.3, -0.25) is 8.98 Å². The molecule has 0 radical (unpaired) electrons. The number of fused-ring (bicyclic) bond motifs is 1. The average molecular weight is 330 g/mol. The predicted molar refractivity (Wildman–Crippen MR) is 81.4 cm³/mol. The molecule has 1 heterocycles. The highest BCUT2D eigenvalue weighted by Gasteiger charge is 2.75. The molecule has 3 rings (SSSR count). The maximum Gasteiger partial charge on any atom is 0.312 e. The first kappa shape index (κ1) is 16.2. The highest BCUT2D eigenvalue weighted by Crippen LogP contribution is 2.68. The molecule has 5 nitrogen and oxygen atoms in total. The van der Waals surface area contributed by atoms with Crippen molar-refractivity contribution >= 4 is 16.1 Å². The molecule has 3 aliphatic rings. The first-order valence-corrected chi connectivity index (χ1v) is 9.65. The van der Waals surface area contributed by atoms with Crippen molar-refractivity contribution < 1.29 is 22.1 Å². The van der Waals surface area contributed by atoms with Gasteiger partial charge in [-0.25, -0.2) is 0 Å². The number of esters is 1. The van der Waals surface area contributed by atoms with E-state index in [-0.39, 0.29) is 35.1 Å². The van der Waals surface area contributed by atoms with Crippen molar-refractivity contribution in [1.29, 1.82) is 0 Å². The van der Waals surface area contributed by atoms with Crippen LogP contribution in [0.25, 0.3) is 0 Å². The van der Waals surface area contributed by atoms with Crippen LogP contribution in [0.4, 0.5) is 0 Å². The minimum atomic E-state index is -3.57. The molecule has 3 fully saturated rings. The maximum atomic E-state index is 12.6. The van der Waals surface area contributed by atoms with Crippen LogP contribution < -0.4 is 0 Å². The van der Waals surface area contributed by atoms with Crippen LogP contribution in [-0.2, 0) is 23.8 Å². The van der Waals surface area contributed by atoms with Crippen molar-refractivity contribution in [1.82, 2.24) is 0 Å². The molecule has 2 saturated carbocycles. The summed E-state index contributed by atoms with van der Waals surface area (Å²) in [5, 5.41) is -0.448. The van der Waals surface area contributed by atoms with E-state index in [1.807, 2.05) is 27.7 Å². The zero-order valence-corrected chi connectivity index (χ0v) is 14.7. The van der Waals surface area contributed by atoms with E-state index in [0.717, 1.165) is 6.42 Å². The van der Waals surface area contributed by atoms with Gasteiger partial charge in [0.15, 0.2) is 0 Å². The van der Waals surface area contributed by atoms with Crippen LogP contribution in [0.5, 0.6) is 0 Å². The first-order chi connectivity index (χ1) is 10.1. The summed E-state index contributed by atoms with van der Waals surface area (Å²) in [7, 11) is -3.57. The Morgan fingerprint density at radius 1 is 1.32 bits per heavy atom. The van der Waals surface area contributed by atoms with Crippen molar-refractivity contribution in [3.63, 3.8) is 0 Å². The van der Waals surface area contributed by atoms with Crippen LogP contribution in [0.2, 0.25) is 0 Å². The molecule has 0 aromatic rings. The van der Waals surface area contributed by atoms with Crippen LogP contribution in [0.15, 0.2) is 0 Å². The fourth-order valence-electron chi connectivity index (χ4n) is 5.28. The van der Waals surface area contributed by atoms with Gasteiger partial charge in [-0.05, 0) is 29.6 Å². The van der Waals surface area contributed by atoms with Crippen LogP contribution in [0.1, 0.15) is 41.0 Å². The van der Waals surface area contributed by atoms with Gasteiger partial charge < -0.3 is 4.74 Å². The molecule has 0 aromatic carbocycles. The summed E-state index contributed by atoms with van der Waals surface area (Å²) in [5.41, 5.74) is -0.341. The summed E-state index contributed by atoms with van der Waals surface area (Å²) >= 11 is 0. The Labute approximate surface area is 132 Å². The normalized spacial score (nSPS) is 45.0. The maximum absolute atomic E-state index is 12.6. The summed E-state index contributed by atoms with van der Waals surface area (Å²) < 4.78 is 35.6. The molecule has 0 spiro atoms. The second kappa shape index (κ2) is 4.94. The Morgan fingerprint density at radius 2 is 1.95 bits per heavy atom. The molecule has 6 atom stereocenters. The molecule has 126 valence electrons. The smallest absolute Gasteiger partial charge is 0.312 e. The fraction of sp³-hybridized carbons (Fsp3) is 0.938. The molecule has 6 unspecified atom stereocenters. The van der Waals surface area contributed by atoms with Gasteiger partial charge in [-0.2, -0.15) is 8.42 Å². The molecular formula is C16H26O5S. The summed E-state index contributed by atoms with van der Waals surface area (Å²) in [6, 6.07) is 0. The highest BCUT2D eigenvalue weighted by atomic mass is 32.2. The van der Waals surface area contributed by atoms with Crippen LogP contribution in [0, 0.1) is 35.0 Å². The summed E-state index contributed by atoms with van der Waals surface area (Å²) in [6.07, 6.45) is 0.223. The number of rotatable bonds is 4. The van der Waals surface area contributed by atoms with Gasteiger partial charge in [0.1, 0.15) is 0 Å². The fourth-order valence-corrected chi connectivity index (χ4v) is 7.64. The molecule has 1 saturated heterocycles. The van der Waals surface area contributed by atoms with E-state index < -0.39 is 27.4 Å². The van der Waals surface area contributed by atoms with Gasteiger partial charge in [0.25, 0.3) is 10.1 Å². The van der Waals surface area contributed by atoms with E-state index in [4.69, 9.17) is 8.92 Å². The average Bonchev–Trinajstić information content (AvgIpc) is 2.88. The summed E-state index contributed by atoms with van der Waals surface area (Å²) in [4.78, 5) is 12.6. The van der Waals surface area contributed by atoms with Gasteiger partial charge in [-0.1, -0.05) is 34.6 Å². The first-order valence-electron chi connectivity index (χ1n) is 8.18. The lowest BCUT2D eigenvalue weighted by Gasteiger charge is -2.40. The van der Waals surface area contributed by atoms with Crippen LogP contribution in [-0.4, -0.2) is 32.3 Å². The Hall–Kier alpha value is -0.620. The second-order valence-electron chi connectivity index (χ2n) is 8.16. The number of hydrogen-bond acceptors (Lipinski definition) is 5. The van der Waals surface area contributed by atoms with E-state index >= 15 is 0 Å². The lowest BCUT2D eigenvalue weighted by molar-refractivity contribution is -0.159. The molecule has 0 N–H and O–H groups in total. The van der Waals surface area contributed by atoms with E-state index in [1.54, 1.807) is 0 Å². The largest absolute Gasteiger partial charge is 0.465 e. The quantitative estimate of drug-likeness (QED) is 0.584. The van der Waals surface area contributed by atoms with Crippen LogP contribution >= 0.6 is 0 Å². The molecule has 0 amide bonds. The van der Waals surface area contributed by atoms with Gasteiger partial charge in [0.2, 0.25) is 0 Å². The van der Waals surface area contributed by atoms with Crippen molar-refractivity contribution in [2.75, 3.05) is 6.61 Å². The molecule has 2 aliphatic carbocycles. The molecule has 0 aromatic heterocycles. The lowest BCUT2D eigenvalue weighted by atomic mass is 9.64. The van der Waals surface area contributed by atoms with Crippen molar-refractivity contribution in [3.05, 3.63) is 0 Å². The van der Waals surface area contributed by atoms with E-state index in [0.29, 0.717) is 6.61 Å². The number of carbonyl (C=O) groups is 1. The minimum absolute atomic E-state index is 0.0437. The molecule has 6 heteroatoms. The van der Waals surface area contributed by atoms with E-state index in [9.17, 15) is 13.2 Å². The minimum Gasteiger partial charge on any atom is -0.465 e. The third-order valence-electron chi connectivity index (χ3n) is 5.78. The topological polar surface area (TPSA) is 69.7 Å². The van der Waals surface area contributed by atoms with Gasteiger partial charge >= 0.3 is 5.97 Å². The standard InChI is InChI=1S/C16H26O5S/c1-8(2)7-20-15(17)12-13-10-6-16(12,5)11(9(3)4)14(10)22(18,19)21-13/h8-14H,6-7H2,1-5H3. The Morgan fingerprint density at radius 3 is 2.50 bits per heavy atom. The highest BCUT2D eigenvalue weighted by molar-refractivity contribution is 7.87. The zero-order chi connectivity index (χ0) is 16.4. The Balaban J connectivity index is 1.95. The second-order valence-corrected chi connectivity index (χ2v) is 9.89. The molecule has 2 bridgehead atoms. The third kappa shape index (κ3) is 2.06. The van der Waals surface area contributed by atoms with Crippen LogP contribution in [0.3, 0.4) is 0 Å². The monoisotopic (exact) mass is 330 g/mol. The van der Waals surface area contributed by atoms with E-state index in [1.165, 1.54) is 0 Å². The Bertz CT molecular complexity index is 581. The predicted octanol–water partition coefficient (Wildman–Crippen LogP) is 2.21. The van der Waals surface area contributed by atoms with Gasteiger partial charge in [0.05, 0.1) is 23.9 Å². The van der Waals surface area contributed by atoms with E-state index in [2.05, 4.69) is 6.92 Å². The lowest BCUT2D eigenvalue weighted by Crippen LogP contribution is -2.48. The van der Waals surface area contributed by atoms with Crippen molar-refractivity contribution in [2.24, 2.45) is 35.0 Å². The Kier molecular flexibility index (Phi) is 3.64. The zero-order valence-electron chi connectivity index (χ0n) is 13.9. The summed E-state index contributed by atoms with van der Waals surface area (Å²) in [6.45, 7) is 10.5. The third-order valence-corrected chi connectivity index (χ3v) is 7.58. The SMILES string of the molecule is CC(C)COC(=O)C1C2OS(=O)(=O)C3C2CC1(C)C3C(C)C. The molecule has 22 heavy (non-hydrogen) atoms. The van der Waals surface area contributed by atoms with Gasteiger partial charge in [0, 0.05) is 5.92 Å². The van der Waals surface area contributed by atoms with Gasteiger partial charge in [-0.15, -0.1) is 0 Å².